The maximum absolute atomic E-state index is 4.83. The number of hydrogen-bond donors (Lipinski definition) is 1. The van der Waals surface area contributed by atoms with E-state index in [4.69, 9.17) is 4.99 Å². The summed E-state index contributed by atoms with van der Waals surface area (Å²) in [6.07, 6.45) is 5.32. The second-order valence-electron chi connectivity index (χ2n) is 7.14. The molecule has 0 radical (unpaired) electrons. The van der Waals surface area contributed by atoms with Crippen LogP contribution in [-0.2, 0) is 6.54 Å². The molecular formula is C18H26N2S. The van der Waals surface area contributed by atoms with Crippen molar-refractivity contribution in [2.45, 2.75) is 63.3 Å². The first kappa shape index (κ1) is 15.0. The Hall–Kier alpha value is -0.960. The molecule has 1 saturated carbocycles. The first-order valence-electron chi connectivity index (χ1n) is 8.06. The Kier molecular flexibility index (Phi) is 4.04. The average Bonchev–Trinajstić information content (AvgIpc) is 2.72. The van der Waals surface area contributed by atoms with Gasteiger partial charge in [0.05, 0.1) is 6.54 Å². The monoisotopic (exact) mass is 302 g/mol. The lowest BCUT2D eigenvalue weighted by atomic mass is 9.73. The van der Waals surface area contributed by atoms with Crippen LogP contribution >= 0.6 is 11.8 Å². The van der Waals surface area contributed by atoms with Crippen molar-refractivity contribution in [2.75, 3.05) is 0 Å². The van der Waals surface area contributed by atoms with Gasteiger partial charge in [0.25, 0.3) is 0 Å². The quantitative estimate of drug-likeness (QED) is 0.863. The minimum Gasteiger partial charge on any atom is -0.359 e. The highest BCUT2D eigenvalue weighted by Gasteiger charge is 2.53. The van der Waals surface area contributed by atoms with Crippen LogP contribution in [0.2, 0.25) is 0 Å². The Morgan fingerprint density at radius 3 is 2.52 bits per heavy atom. The standard InChI is InChI=1S/C18H26N2S/c1-14-9-11-18(12-10-14)17(2,3)20-16(21-18)19-13-15-7-5-4-6-8-15/h4-8,14H,9-13H2,1-3H3,(H,19,20). The van der Waals surface area contributed by atoms with Gasteiger partial charge < -0.3 is 5.32 Å². The summed E-state index contributed by atoms with van der Waals surface area (Å²) in [5.74, 6) is 0.886. The van der Waals surface area contributed by atoms with Crippen molar-refractivity contribution in [3.05, 3.63) is 35.9 Å². The number of nitrogens with one attached hydrogen (secondary N) is 1. The highest BCUT2D eigenvalue weighted by atomic mass is 32.2. The molecule has 0 atom stereocenters. The summed E-state index contributed by atoms with van der Waals surface area (Å²) < 4.78 is 0.342. The summed E-state index contributed by atoms with van der Waals surface area (Å²) in [5.41, 5.74) is 1.43. The Labute approximate surface area is 132 Å². The van der Waals surface area contributed by atoms with Gasteiger partial charge in [-0.25, -0.2) is 0 Å². The number of amidine groups is 1. The highest BCUT2D eigenvalue weighted by Crippen LogP contribution is 2.52. The minimum atomic E-state index is 0.146. The molecule has 0 unspecified atom stereocenters. The van der Waals surface area contributed by atoms with Crippen LogP contribution in [0.25, 0.3) is 0 Å². The molecule has 1 aromatic carbocycles. The molecule has 1 aliphatic heterocycles. The zero-order chi connectivity index (χ0) is 14.9. The van der Waals surface area contributed by atoms with Crippen LogP contribution in [0, 0.1) is 5.92 Å². The van der Waals surface area contributed by atoms with E-state index in [0.717, 1.165) is 17.6 Å². The molecule has 1 saturated heterocycles. The van der Waals surface area contributed by atoms with Crippen molar-refractivity contribution in [3.8, 4) is 0 Å². The molecule has 2 aliphatic rings. The van der Waals surface area contributed by atoms with Gasteiger partial charge in [0.15, 0.2) is 5.17 Å². The first-order chi connectivity index (χ1) is 10.0. The third-order valence-corrected chi connectivity index (χ3v) is 6.91. The summed E-state index contributed by atoms with van der Waals surface area (Å²) in [6, 6.07) is 10.5. The van der Waals surface area contributed by atoms with Crippen LogP contribution in [0.1, 0.15) is 52.0 Å². The molecule has 0 amide bonds. The molecule has 2 nitrogen and oxygen atoms in total. The smallest absolute Gasteiger partial charge is 0.157 e. The fourth-order valence-corrected chi connectivity index (χ4v) is 5.04. The number of nitrogens with zero attached hydrogens (tertiary/aromatic N) is 1. The molecule has 3 heteroatoms. The Morgan fingerprint density at radius 1 is 1.19 bits per heavy atom. The van der Waals surface area contributed by atoms with Gasteiger partial charge in [0, 0.05) is 10.3 Å². The van der Waals surface area contributed by atoms with E-state index in [2.05, 4.69) is 56.4 Å². The number of rotatable bonds is 2. The molecule has 3 rings (SSSR count). The summed E-state index contributed by atoms with van der Waals surface area (Å²) in [6.45, 7) is 7.86. The SMILES string of the molecule is CC1CCC2(CC1)SC(=NCc1ccccc1)NC2(C)C. The van der Waals surface area contributed by atoms with Crippen LogP contribution in [0.5, 0.6) is 0 Å². The fourth-order valence-electron chi connectivity index (χ4n) is 3.49. The lowest BCUT2D eigenvalue weighted by Gasteiger charge is -2.43. The molecule has 114 valence electrons. The maximum atomic E-state index is 4.83. The largest absolute Gasteiger partial charge is 0.359 e. The second kappa shape index (κ2) is 5.68. The van der Waals surface area contributed by atoms with Crippen molar-refractivity contribution in [3.63, 3.8) is 0 Å². The van der Waals surface area contributed by atoms with Gasteiger partial charge in [0.1, 0.15) is 0 Å². The van der Waals surface area contributed by atoms with E-state index >= 15 is 0 Å². The molecule has 1 N–H and O–H groups in total. The average molecular weight is 302 g/mol. The van der Waals surface area contributed by atoms with Crippen molar-refractivity contribution in [1.29, 1.82) is 0 Å². The van der Waals surface area contributed by atoms with Gasteiger partial charge in [-0.3, -0.25) is 4.99 Å². The minimum absolute atomic E-state index is 0.146. The number of hydrogen-bond acceptors (Lipinski definition) is 2. The molecular weight excluding hydrogens is 276 g/mol. The van der Waals surface area contributed by atoms with Crippen LogP contribution in [0.3, 0.4) is 0 Å². The van der Waals surface area contributed by atoms with Gasteiger partial charge in [-0.15, -0.1) is 0 Å². The predicted molar refractivity (Wildman–Crippen MR) is 92.7 cm³/mol. The third kappa shape index (κ3) is 2.98. The summed E-state index contributed by atoms with van der Waals surface area (Å²) in [5, 5.41) is 4.83. The van der Waals surface area contributed by atoms with Crippen LogP contribution in [0.15, 0.2) is 35.3 Å². The molecule has 0 bridgehead atoms. The second-order valence-corrected chi connectivity index (χ2v) is 8.51. The highest BCUT2D eigenvalue weighted by molar-refractivity contribution is 8.15. The van der Waals surface area contributed by atoms with Gasteiger partial charge in [-0.1, -0.05) is 49.0 Å². The molecule has 0 aromatic heterocycles. The van der Waals surface area contributed by atoms with Gasteiger partial charge in [0.2, 0.25) is 0 Å². The van der Waals surface area contributed by atoms with E-state index in [-0.39, 0.29) is 5.54 Å². The van der Waals surface area contributed by atoms with E-state index in [9.17, 15) is 0 Å². The molecule has 1 aliphatic carbocycles. The van der Waals surface area contributed by atoms with Crippen LogP contribution in [0.4, 0.5) is 0 Å². The molecule has 1 spiro atoms. The van der Waals surface area contributed by atoms with E-state index in [1.807, 2.05) is 11.8 Å². The molecule has 1 heterocycles. The van der Waals surface area contributed by atoms with E-state index < -0.39 is 0 Å². The van der Waals surface area contributed by atoms with E-state index in [0.29, 0.717) is 4.75 Å². The van der Waals surface area contributed by atoms with Crippen molar-refractivity contribution in [1.82, 2.24) is 5.32 Å². The normalized spacial score (nSPS) is 33.3. The predicted octanol–water partition coefficient (Wildman–Crippen LogP) is 4.61. The zero-order valence-electron chi connectivity index (χ0n) is 13.4. The van der Waals surface area contributed by atoms with Crippen LogP contribution < -0.4 is 5.32 Å². The Bertz CT molecular complexity index is 513. The van der Waals surface area contributed by atoms with Gasteiger partial charge >= 0.3 is 0 Å². The lowest BCUT2D eigenvalue weighted by Crippen LogP contribution is -2.52. The molecule has 1 aromatic rings. The topological polar surface area (TPSA) is 24.4 Å². The molecule has 21 heavy (non-hydrogen) atoms. The van der Waals surface area contributed by atoms with Gasteiger partial charge in [-0.05, 0) is 51.0 Å². The number of aliphatic imine (C=N–C) groups is 1. The third-order valence-electron chi connectivity index (χ3n) is 5.18. The Balaban J connectivity index is 1.72. The summed E-state index contributed by atoms with van der Waals surface area (Å²) >= 11 is 2.00. The van der Waals surface area contributed by atoms with Crippen molar-refractivity contribution in [2.24, 2.45) is 10.9 Å². The summed E-state index contributed by atoms with van der Waals surface area (Å²) in [7, 11) is 0. The van der Waals surface area contributed by atoms with E-state index in [1.165, 1.54) is 31.2 Å². The van der Waals surface area contributed by atoms with Crippen LogP contribution in [-0.4, -0.2) is 15.5 Å². The fraction of sp³-hybridized carbons (Fsp3) is 0.611. The zero-order valence-corrected chi connectivity index (χ0v) is 14.2. The maximum Gasteiger partial charge on any atom is 0.157 e. The molecule has 2 fully saturated rings. The van der Waals surface area contributed by atoms with E-state index in [1.54, 1.807) is 0 Å². The van der Waals surface area contributed by atoms with Crippen molar-refractivity contribution >= 4 is 16.9 Å². The Morgan fingerprint density at radius 2 is 1.86 bits per heavy atom. The van der Waals surface area contributed by atoms with Crippen molar-refractivity contribution < 1.29 is 0 Å². The number of thioether (sulfide) groups is 1. The number of benzene rings is 1. The lowest BCUT2D eigenvalue weighted by molar-refractivity contribution is 0.231. The summed E-state index contributed by atoms with van der Waals surface area (Å²) in [4.78, 5) is 4.83. The van der Waals surface area contributed by atoms with Gasteiger partial charge in [-0.2, -0.15) is 0 Å². The first-order valence-corrected chi connectivity index (χ1v) is 8.88.